The second-order valence-corrected chi connectivity index (χ2v) is 11.6. The molecule has 0 bridgehead atoms. The van der Waals surface area contributed by atoms with Crippen LogP contribution in [0.2, 0.25) is 0 Å². The normalized spacial score (nSPS) is 11.7. The van der Waals surface area contributed by atoms with Gasteiger partial charge in [-0.3, -0.25) is 4.79 Å². The summed E-state index contributed by atoms with van der Waals surface area (Å²) < 4.78 is 33.8. The smallest absolute Gasteiger partial charge is 0.244 e. The summed E-state index contributed by atoms with van der Waals surface area (Å²) in [6.45, 7) is 7.33. The minimum atomic E-state index is -3.94. The lowest BCUT2D eigenvalue weighted by atomic mass is 10.1. The molecule has 0 aliphatic rings. The van der Waals surface area contributed by atoms with Gasteiger partial charge in [-0.1, -0.05) is 73.6 Å². The minimum absolute atomic E-state index is 0.0754. The number of aromatic nitrogens is 2. The zero-order valence-corrected chi connectivity index (χ0v) is 22.8. The van der Waals surface area contributed by atoms with Crippen LogP contribution in [0.15, 0.2) is 82.2 Å². The molecule has 0 aliphatic heterocycles. The first kappa shape index (κ1) is 27.2. The molecule has 0 saturated carbocycles. The lowest BCUT2D eigenvalue weighted by Gasteiger charge is -2.23. The van der Waals surface area contributed by atoms with Crippen LogP contribution < -0.4 is 5.32 Å². The monoisotopic (exact) mass is 532 g/mol. The number of hydrogen-bond acceptors (Lipinski definition) is 6. The standard InChI is InChI=1S/C29H32N4O4S/c1-20(2)29-31-27(32-37-29)17-23-12-14-25(15-13-23)30-28(34)19-33(18-24-8-6-5-7-9-24)38(35,36)26-16-21(3)10-11-22(26)4/h5-16,20H,17-19H2,1-4H3,(H,30,34). The maximum Gasteiger partial charge on any atom is 0.244 e. The van der Waals surface area contributed by atoms with Gasteiger partial charge in [-0.2, -0.15) is 9.29 Å². The first-order valence-corrected chi connectivity index (χ1v) is 13.9. The lowest BCUT2D eigenvalue weighted by Crippen LogP contribution is -2.37. The number of carbonyl (C=O) groups excluding carboxylic acids is 1. The number of rotatable bonds is 10. The highest BCUT2D eigenvalue weighted by molar-refractivity contribution is 7.89. The molecule has 0 radical (unpaired) electrons. The van der Waals surface area contributed by atoms with Gasteiger partial charge in [0.15, 0.2) is 5.82 Å². The van der Waals surface area contributed by atoms with Crippen LogP contribution in [0.1, 0.15) is 53.7 Å². The zero-order valence-electron chi connectivity index (χ0n) is 22.0. The van der Waals surface area contributed by atoms with Crippen molar-refractivity contribution < 1.29 is 17.7 Å². The molecule has 4 rings (SSSR count). The van der Waals surface area contributed by atoms with E-state index in [1.807, 2.05) is 69.3 Å². The van der Waals surface area contributed by atoms with Gasteiger partial charge in [0, 0.05) is 24.6 Å². The molecule has 1 N–H and O–H groups in total. The Kier molecular flexibility index (Phi) is 8.38. The van der Waals surface area contributed by atoms with E-state index in [2.05, 4.69) is 15.5 Å². The number of anilines is 1. The van der Waals surface area contributed by atoms with Gasteiger partial charge in [0.1, 0.15) is 0 Å². The lowest BCUT2D eigenvalue weighted by molar-refractivity contribution is -0.116. The molecule has 4 aromatic rings. The topological polar surface area (TPSA) is 105 Å². The molecule has 0 unspecified atom stereocenters. The SMILES string of the molecule is Cc1ccc(C)c(S(=O)(=O)N(CC(=O)Nc2ccc(Cc3noc(C(C)C)n3)cc2)Cc2ccccc2)c1. The van der Waals surface area contributed by atoms with Crippen molar-refractivity contribution in [3.8, 4) is 0 Å². The van der Waals surface area contributed by atoms with Crippen molar-refractivity contribution in [2.75, 3.05) is 11.9 Å². The van der Waals surface area contributed by atoms with Crippen molar-refractivity contribution in [2.45, 2.75) is 51.5 Å². The number of aryl methyl sites for hydroxylation is 2. The number of sulfonamides is 1. The summed E-state index contributed by atoms with van der Waals surface area (Å²) in [5, 5.41) is 6.83. The maximum atomic E-state index is 13.7. The van der Waals surface area contributed by atoms with Crippen LogP contribution in [-0.2, 0) is 27.8 Å². The summed E-state index contributed by atoms with van der Waals surface area (Å²) in [4.78, 5) is 17.6. The molecule has 0 atom stereocenters. The van der Waals surface area contributed by atoms with Crippen molar-refractivity contribution in [1.82, 2.24) is 14.4 Å². The molecule has 9 heteroatoms. The quantitative estimate of drug-likeness (QED) is 0.300. The van der Waals surface area contributed by atoms with E-state index in [1.165, 1.54) is 4.31 Å². The highest BCUT2D eigenvalue weighted by atomic mass is 32.2. The largest absolute Gasteiger partial charge is 0.339 e. The van der Waals surface area contributed by atoms with Crippen molar-refractivity contribution in [3.05, 3.63) is 107 Å². The summed E-state index contributed by atoms with van der Waals surface area (Å²) >= 11 is 0. The molecular formula is C29H32N4O4S. The van der Waals surface area contributed by atoms with E-state index in [9.17, 15) is 13.2 Å². The highest BCUT2D eigenvalue weighted by Crippen LogP contribution is 2.23. The molecule has 0 aliphatic carbocycles. The van der Waals surface area contributed by atoms with E-state index >= 15 is 0 Å². The third kappa shape index (κ3) is 6.73. The summed E-state index contributed by atoms with van der Waals surface area (Å²) in [5.41, 5.74) is 3.79. The van der Waals surface area contributed by atoms with E-state index in [0.29, 0.717) is 29.4 Å². The Balaban J connectivity index is 1.49. The van der Waals surface area contributed by atoms with Gasteiger partial charge in [0.05, 0.1) is 11.4 Å². The number of nitrogens with one attached hydrogen (secondary N) is 1. The predicted octanol–water partition coefficient (Wildman–Crippen LogP) is 5.23. The molecule has 0 spiro atoms. The third-order valence-corrected chi connectivity index (χ3v) is 7.99. The summed E-state index contributed by atoms with van der Waals surface area (Å²) in [7, 11) is -3.94. The number of hydrogen-bond donors (Lipinski definition) is 1. The van der Waals surface area contributed by atoms with Gasteiger partial charge in [-0.15, -0.1) is 0 Å². The van der Waals surface area contributed by atoms with Crippen molar-refractivity contribution in [3.63, 3.8) is 0 Å². The maximum absolute atomic E-state index is 13.7. The van der Waals surface area contributed by atoms with Crippen LogP contribution in [0.4, 0.5) is 5.69 Å². The minimum Gasteiger partial charge on any atom is -0.339 e. The second-order valence-electron chi connectivity index (χ2n) is 9.65. The van der Waals surface area contributed by atoms with Crippen LogP contribution in [0.3, 0.4) is 0 Å². The van der Waals surface area contributed by atoms with Gasteiger partial charge >= 0.3 is 0 Å². The molecule has 3 aromatic carbocycles. The van der Waals surface area contributed by atoms with Gasteiger partial charge in [-0.05, 0) is 54.3 Å². The Morgan fingerprint density at radius 3 is 2.34 bits per heavy atom. The number of amides is 1. The molecule has 1 heterocycles. The Bertz CT molecular complexity index is 1500. The van der Waals surface area contributed by atoms with Gasteiger partial charge in [-0.25, -0.2) is 8.42 Å². The Morgan fingerprint density at radius 1 is 0.974 bits per heavy atom. The summed E-state index contributed by atoms with van der Waals surface area (Å²) in [6, 6.07) is 21.8. The van der Waals surface area contributed by atoms with Crippen LogP contribution in [-0.4, -0.2) is 35.3 Å². The Morgan fingerprint density at radius 2 is 1.68 bits per heavy atom. The summed E-state index contributed by atoms with van der Waals surface area (Å²) in [6.07, 6.45) is 0.503. The number of nitrogens with zero attached hydrogens (tertiary/aromatic N) is 3. The van der Waals surface area contributed by atoms with Gasteiger partial charge < -0.3 is 9.84 Å². The van der Waals surface area contributed by atoms with E-state index in [4.69, 9.17) is 4.52 Å². The van der Waals surface area contributed by atoms with E-state index in [0.717, 1.165) is 16.7 Å². The van der Waals surface area contributed by atoms with Crippen molar-refractivity contribution in [1.29, 1.82) is 0 Å². The van der Waals surface area contributed by atoms with Crippen LogP contribution in [0.25, 0.3) is 0 Å². The van der Waals surface area contributed by atoms with Crippen LogP contribution in [0.5, 0.6) is 0 Å². The fourth-order valence-electron chi connectivity index (χ4n) is 3.96. The molecule has 8 nitrogen and oxygen atoms in total. The first-order chi connectivity index (χ1) is 18.1. The third-order valence-electron chi connectivity index (χ3n) is 6.06. The Labute approximate surface area is 223 Å². The molecule has 1 aromatic heterocycles. The van der Waals surface area contributed by atoms with Crippen LogP contribution in [0, 0.1) is 13.8 Å². The average Bonchev–Trinajstić information content (AvgIpc) is 3.36. The number of carbonyl (C=O) groups is 1. The van der Waals surface area contributed by atoms with Crippen molar-refractivity contribution >= 4 is 21.6 Å². The average molecular weight is 533 g/mol. The van der Waals surface area contributed by atoms with E-state index in [1.54, 1.807) is 31.2 Å². The van der Waals surface area contributed by atoms with Gasteiger partial charge in [0.25, 0.3) is 0 Å². The van der Waals surface area contributed by atoms with Gasteiger partial charge in [0.2, 0.25) is 21.8 Å². The molecule has 1 amide bonds. The highest BCUT2D eigenvalue weighted by Gasteiger charge is 2.28. The Hall–Kier alpha value is -3.82. The summed E-state index contributed by atoms with van der Waals surface area (Å²) in [5.74, 6) is 0.926. The van der Waals surface area contributed by atoms with Crippen LogP contribution >= 0.6 is 0 Å². The van der Waals surface area contributed by atoms with E-state index < -0.39 is 15.9 Å². The fraction of sp³-hybridized carbons (Fsp3) is 0.276. The van der Waals surface area contributed by atoms with E-state index in [-0.39, 0.29) is 23.9 Å². The zero-order chi connectivity index (χ0) is 27.3. The number of benzene rings is 3. The van der Waals surface area contributed by atoms with Crippen molar-refractivity contribution in [2.24, 2.45) is 0 Å². The second kappa shape index (κ2) is 11.7. The molecular weight excluding hydrogens is 500 g/mol. The molecule has 198 valence electrons. The predicted molar refractivity (Wildman–Crippen MR) is 146 cm³/mol. The molecule has 38 heavy (non-hydrogen) atoms. The fourth-order valence-corrected chi connectivity index (χ4v) is 5.65. The first-order valence-electron chi connectivity index (χ1n) is 12.4. The molecule has 0 saturated heterocycles. The molecule has 0 fully saturated rings.